The second-order valence-corrected chi connectivity index (χ2v) is 3.44. The molecule has 0 aromatic heterocycles. The zero-order valence-corrected chi connectivity index (χ0v) is 8.00. The highest BCUT2D eigenvalue weighted by molar-refractivity contribution is 5.16. The Morgan fingerprint density at radius 2 is 2.00 bits per heavy atom. The molecule has 0 aliphatic carbocycles. The van der Waals surface area contributed by atoms with Gasteiger partial charge in [0.25, 0.3) is 0 Å². The van der Waals surface area contributed by atoms with Gasteiger partial charge < -0.3 is 10.5 Å². The van der Waals surface area contributed by atoms with Crippen LogP contribution in [-0.2, 0) is 4.74 Å². The fourth-order valence-corrected chi connectivity index (χ4v) is 0.463. The van der Waals surface area contributed by atoms with E-state index in [1.165, 1.54) is 0 Å². The molecule has 0 saturated carbocycles. The minimum atomic E-state index is -0.188. The fourth-order valence-electron chi connectivity index (χ4n) is 0.463. The van der Waals surface area contributed by atoms with E-state index < -0.39 is 0 Å². The molecular weight excluding hydrogens is 150 g/mol. The summed E-state index contributed by atoms with van der Waals surface area (Å²) in [6, 6.07) is 0. The van der Waals surface area contributed by atoms with E-state index in [0.717, 1.165) is 0 Å². The molecule has 68 valence electrons. The van der Waals surface area contributed by atoms with Crippen LogP contribution in [0.2, 0.25) is 0 Å². The molecule has 0 aromatic carbocycles. The molecule has 0 aliphatic rings. The summed E-state index contributed by atoms with van der Waals surface area (Å²) in [6.45, 7) is 9.43. The lowest BCUT2D eigenvalue weighted by Crippen LogP contribution is -2.16. The van der Waals surface area contributed by atoms with E-state index >= 15 is 0 Å². The first kappa shape index (κ1) is 10.8. The molecule has 0 aromatic rings. The number of ether oxygens (including phenoxy) is 1. The molecule has 0 unspecified atom stereocenters. The van der Waals surface area contributed by atoms with E-state index in [4.69, 9.17) is 10.5 Å². The van der Waals surface area contributed by atoms with Crippen molar-refractivity contribution < 1.29 is 4.74 Å². The van der Waals surface area contributed by atoms with Crippen molar-refractivity contribution >= 4 is 0 Å². The van der Waals surface area contributed by atoms with Crippen molar-refractivity contribution in [3.63, 3.8) is 0 Å². The number of hydrogen-bond acceptors (Lipinski definition) is 2. The van der Waals surface area contributed by atoms with Crippen molar-refractivity contribution in [2.45, 2.75) is 26.4 Å². The maximum atomic E-state index is 5.57. The van der Waals surface area contributed by atoms with Crippen LogP contribution >= 0.6 is 0 Å². The second-order valence-electron chi connectivity index (χ2n) is 3.44. The van der Waals surface area contributed by atoms with Crippen molar-refractivity contribution in [2.75, 3.05) is 0 Å². The molecule has 0 bridgehead atoms. The first-order valence-electron chi connectivity index (χ1n) is 3.88. The topological polar surface area (TPSA) is 35.2 Å². The third-order valence-corrected chi connectivity index (χ3v) is 0.973. The lowest BCUT2D eigenvalue weighted by molar-refractivity contribution is 0.0753. The van der Waals surface area contributed by atoms with Gasteiger partial charge in [-0.05, 0) is 26.8 Å². The van der Waals surface area contributed by atoms with Crippen LogP contribution < -0.4 is 5.73 Å². The highest BCUT2D eigenvalue weighted by Crippen LogP contribution is 2.07. The predicted octanol–water partition coefficient (Wildman–Crippen LogP) is 2.34. The van der Waals surface area contributed by atoms with Crippen LogP contribution in [0.5, 0.6) is 0 Å². The van der Waals surface area contributed by atoms with Crippen molar-refractivity contribution in [3.05, 3.63) is 36.8 Å². The minimum Gasteiger partial charge on any atom is -0.494 e. The largest absolute Gasteiger partial charge is 0.494 e. The molecule has 0 amide bonds. The standard InChI is InChI=1S/C10H17NO/c1-5-6-7-9(11)8-12-10(2,3)4/h5-8H,1,11H2,2-4H3/b7-6-,9-8+. The Labute approximate surface area is 74.4 Å². The van der Waals surface area contributed by atoms with Crippen LogP contribution in [-0.4, -0.2) is 5.60 Å². The first-order valence-corrected chi connectivity index (χ1v) is 3.88. The van der Waals surface area contributed by atoms with E-state index in [0.29, 0.717) is 5.70 Å². The van der Waals surface area contributed by atoms with E-state index in [1.807, 2.05) is 20.8 Å². The van der Waals surface area contributed by atoms with Gasteiger partial charge in [-0.2, -0.15) is 0 Å². The molecule has 2 N–H and O–H groups in total. The minimum absolute atomic E-state index is 0.188. The Morgan fingerprint density at radius 3 is 2.42 bits per heavy atom. The highest BCUT2D eigenvalue weighted by Gasteiger charge is 2.07. The first-order chi connectivity index (χ1) is 5.45. The zero-order valence-electron chi connectivity index (χ0n) is 8.00. The molecule has 2 nitrogen and oxygen atoms in total. The van der Waals surface area contributed by atoms with Gasteiger partial charge >= 0.3 is 0 Å². The third-order valence-electron chi connectivity index (χ3n) is 0.973. The van der Waals surface area contributed by atoms with E-state index in [9.17, 15) is 0 Å². The third kappa shape index (κ3) is 6.93. The summed E-state index contributed by atoms with van der Waals surface area (Å²) in [7, 11) is 0. The summed E-state index contributed by atoms with van der Waals surface area (Å²) in [5, 5.41) is 0. The summed E-state index contributed by atoms with van der Waals surface area (Å²) >= 11 is 0. The summed E-state index contributed by atoms with van der Waals surface area (Å²) in [6.07, 6.45) is 6.70. The molecule has 0 radical (unpaired) electrons. The summed E-state index contributed by atoms with van der Waals surface area (Å²) in [4.78, 5) is 0. The van der Waals surface area contributed by atoms with Gasteiger partial charge in [0.2, 0.25) is 0 Å². The quantitative estimate of drug-likeness (QED) is 0.517. The Kier molecular flexibility index (Phi) is 4.19. The van der Waals surface area contributed by atoms with E-state index in [1.54, 1.807) is 24.5 Å². The average Bonchev–Trinajstić information content (AvgIpc) is 1.95. The number of nitrogens with two attached hydrogens (primary N) is 1. The van der Waals surface area contributed by atoms with Crippen molar-refractivity contribution in [1.29, 1.82) is 0 Å². The fraction of sp³-hybridized carbons (Fsp3) is 0.400. The van der Waals surface area contributed by atoms with Crippen LogP contribution in [0.25, 0.3) is 0 Å². The normalized spacial score (nSPS) is 13.4. The monoisotopic (exact) mass is 167 g/mol. The molecule has 0 aliphatic heterocycles. The van der Waals surface area contributed by atoms with Gasteiger partial charge in [-0.1, -0.05) is 18.7 Å². The number of allylic oxidation sites excluding steroid dienone is 3. The lowest BCUT2D eigenvalue weighted by atomic mass is 10.2. The predicted molar refractivity (Wildman–Crippen MR) is 52.4 cm³/mol. The summed E-state index contributed by atoms with van der Waals surface area (Å²) in [5.74, 6) is 0. The molecule has 0 atom stereocenters. The van der Waals surface area contributed by atoms with Crippen LogP contribution in [0.1, 0.15) is 20.8 Å². The lowest BCUT2D eigenvalue weighted by Gasteiger charge is -2.17. The maximum Gasteiger partial charge on any atom is 0.107 e. The Hall–Kier alpha value is -1.18. The Bertz CT molecular complexity index is 196. The van der Waals surface area contributed by atoms with Crippen LogP contribution in [0.4, 0.5) is 0 Å². The van der Waals surface area contributed by atoms with Crippen LogP contribution in [0, 0.1) is 0 Å². The molecule has 0 heterocycles. The van der Waals surface area contributed by atoms with Gasteiger partial charge in [0.1, 0.15) is 6.26 Å². The van der Waals surface area contributed by atoms with Crippen molar-refractivity contribution in [2.24, 2.45) is 5.73 Å². The number of rotatable bonds is 3. The number of hydrogen-bond donors (Lipinski definition) is 1. The van der Waals surface area contributed by atoms with Gasteiger partial charge in [-0.3, -0.25) is 0 Å². The SMILES string of the molecule is C=C/C=C\C(N)=C/OC(C)(C)C. The van der Waals surface area contributed by atoms with Crippen molar-refractivity contribution in [1.82, 2.24) is 0 Å². The Morgan fingerprint density at radius 1 is 1.42 bits per heavy atom. The van der Waals surface area contributed by atoms with Gasteiger partial charge in [-0.25, -0.2) is 0 Å². The molecule has 0 saturated heterocycles. The Balaban J connectivity index is 4.01. The molecule has 0 rings (SSSR count). The molecule has 12 heavy (non-hydrogen) atoms. The second kappa shape index (κ2) is 4.65. The average molecular weight is 167 g/mol. The molecule has 0 fully saturated rings. The smallest absolute Gasteiger partial charge is 0.107 e. The van der Waals surface area contributed by atoms with Crippen molar-refractivity contribution in [3.8, 4) is 0 Å². The van der Waals surface area contributed by atoms with Gasteiger partial charge in [0.05, 0.1) is 11.3 Å². The van der Waals surface area contributed by atoms with Gasteiger partial charge in [0, 0.05) is 0 Å². The summed E-state index contributed by atoms with van der Waals surface area (Å²) < 4.78 is 5.32. The zero-order chi connectivity index (χ0) is 9.61. The van der Waals surface area contributed by atoms with Gasteiger partial charge in [0.15, 0.2) is 0 Å². The van der Waals surface area contributed by atoms with Crippen LogP contribution in [0.15, 0.2) is 36.8 Å². The maximum absolute atomic E-state index is 5.57. The highest BCUT2D eigenvalue weighted by atomic mass is 16.5. The van der Waals surface area contributed by atoms with Crippen LogP contribution in [0.3, 0.4) is 0 Å². The van der Waals surface area contributed by atoms with Gasteiger partial charge in [-0.15, -0.1) is 0 Å². The molecule has 0 spiro atoms. The summed E-state index contributed by atoms with van der Waals surface area (Å²) in [5.41, 5.74) is 5.97. The molecular formula is C10H17NO. The van der Waals surface area contributed by atoms with E-state index in [-0.39, 0.29) is 5.60 Å². The van der Waals surface area contributed by atoms with E-state index in [2.05, 4.69) is 6.58 Å². The molecule has 2 heteroatoms.